The molecule has 3 rings (SSSR count). The van der Waals surface area contributed by atoms with Gasteiger partial charge in [0.2, 0.25) is 5.91 Å². The molecule has 0 aromatic heterocycles. The van der Waals surface area contributed by atoms with Crippen molar-refractivity contribution in [3.05, 3.63) is 69.3 Å². The normalized spacial score (nSPS) is 15.8. The van der Waals surface area contributed by atoms with Gasteiger partial charge in [-0.1, -0.05) is 36.4 Å². The number of halogens is 1. The van der Waals surface area contributed by atoms with Gasteiger partial charge in [0.15, 0.2) is 5.11 Å². The van der Waals surface area contributed by atoms with Crippen LogP contribution in [-0.2, 0) is 20.9 Å². The highest BCUT2D eigenvalue weighted by Crippen LogP contribution is 2.13. The van der Waals surface area contributed by atoms with Crippen LogP contribution < -0.4 is 10.6 Å². The Labute approximate surface area is 193 Å². The lowest BCUT2D eigenvalue weighted by Gasteiger charge is -2.36. The second-order valence-corrected chi connectivity index (χ2v) is 8.25. The molecule has 9 heteroatoms. The minimum Gasteiger partial charge on any atom is -0.461 e. The highest BCUT2D eigenvalue weighted by molar-refractivity contribution is 14.1. The first-order valence-corrected chi connectivity index (χ1v) is 10.8. The first-order valence-electron chi connectivity index (χ1n) is 9.29. The molecule has 1 aliphatic rings. The SMILES string of the molecule is O=C(CC1C(=O)NCCN1C(=S)NC(=O)c1cccc(I)c1)OCc1ccccc1. The Kier molecular flexibility index (Phi) is 7.75. The van der Waals surface area contributed by atoms with E-state index in [1.54, 1.807) is 23.1 Å². The van der Waals surface area contributed by atoms with Crippen molar-refractivity contribution in [3.63, 3.8) is 0 Å². The molecule has 0 radical (unpaired) electrons. The number of nitrogens with zero attached hydrogens (tertiary/aromatic N) is 1. The number of hydrogen-bond acceptors (Lipinski definition) is 5. The predicted octanol–water partition coefficient (Wildman–Crippen LogP) is 2.24. The van der Waals surface area contributed by atoms with Gasteiger partial charge in [0.05, 0.1) is 6.42 Å². The van der Waals surface area contributed by atoms with E-state index in [1.165, 1.54) is 0 Å². The molecule has 156 valence electrons. The molecule has 2 aromatic rings. The van der Waals surface area contributed by atoms with E-state index in [1.807, 2.05) is 36.4 Å². The van der Waals surface area contributed by atoms with E-state index in [9.17, 15) is 14.4 Å². The van der Waals surface area contributed by atoms with Crippen LogP contribution in [0, 0.1) is 3.57 Å². The third-order valence-corrected chi connectivity index (χ3v) is 5.51. The largest absolute Gasteiger partial charge is 0.461 e. The third kappa shape index (κ3) is 5.99. The van der Waals surface area contributed by atoms with Crippen molar-refractivity contribution >= 4 is 57.7 Å². The third-order valence-electron chi connectivity index (χ3n) is 4.50. The molecule has 2 amide bonds. The summed E-state index contributed by atoms with van der Waals surface area (Å²) in [6.07, 6.45) is -0.169. The molecule has 0 spiro atoms. The Morgan fingerprint density at radius 2 is 1.97 bits per heavy atom. The van der Waals surface area contributed by atoms with Crippen LogP contribution in [0.2, 0.25) is 0 Å². The molecule has 2 aromatic carbocycles. The number of piperazine rings is 1. The Balaban J connectivity index is 1.62. The second kappa shape index (κ2) is 10.5. The second-order valence-electron chi connectivity index (χ2n) is 6.62. The number of carbonyl (C=O) groups is 3. The van der Waals surface area contributed by atoms with Crippen LogP contribution in [0.4, 0.5) is 0 Å². The lowest BCUT2D eigenvalue weighted by atomic mass is 10.1. The molecule has 0 aliphatic carbocycles. The van der Waals surface area contributed by atoms with E-state index in [-0.39, 0.29) is 30.0 Å². The van der Waals surface area contributed by atoms with Gasteiger partial charge in [-0.05, 0) is 58.6 Å². The van der Waals surface area contributed by atoms with Gasteiger partial charge in [0.1, 0.15) is 12.6 Å². The number of thiocarbonyl (C=S) groups is 1. The molecule has 0 bridgehead atoms. The minimum atomic E-state index is -0.842. The van der Waals surface area contributed by atoms with Gasteiger partial charge < -0.3 is 15.0 Å². The van der Waals surface area contributed by atoms with Crippen LogP contribution in [0.3, 0.4) is 0 Å². The average molecular weight is 537 g/mol. The fourth-order valence-electron chi connectivity index (χ4n) is 2.99. The van der Waals surface area contributed by atoms with Crippen LogP contribution in [-0.4, -0.2) is 46.9 Å². The van der Waals surface area contributed by atoms with E-state index in [4.69, 9.17) is 17.0 Å². The summed E-state index contributed by atoms with van der Waals surface area (Å²) in [5, 5.41) is 5.49. The number of esters is 1. The molecule has 1 unspecified atom stereocenters. The summed E-state index contributed by atoms with van der Waals surface area (Å²) in [6, 6.07) is 15.5. The maximum absolute atomic E-state index is 12.5. The Bertz CT molecular complexity index is 954. The van der Waals surface area contributed by atoms with E-state index in [2.05, 4.69) is 33.2 Å². The quantitative estimate of drug-likeness (QED) is 0.346. The van der Waals surface area contributed by atoms with Gasteiger partial charge in [-0.25, -0.2) is 0 Å². The van der Waals surface area contributed by atoms with Crippen molar-refractivity contribution in [1.82, 2.24) is 15.5 Å². The monoisotopic (exact) mass is 537 g/mol. The molecule has 1 fully saturated rings. The first-order chi connectivity index (χ1) is 14.4. The zero-order valence-corrected chi connectivity index (χ0v) is 18.9. The number of amides is 2. The lowest BCUT2D eigenvalue weighted by Crippen LogP contribution is -2.60. The zero-order valence-electron chi connectivity index (χ0n) is 16.0. The van der Waals surface area contributed by atoms with Crippen molar-refractivity contribution in [2.45, 2.75) is 19.1 Å². The van der Waals surface area contributed by atoms with Gasteiger partial charge >= 0.3 is 5.97 Å². The van der Waals surface area contributed by atoms with Crippen molar-refractivity contribution in [2.24, 2.45) is 0 Å². The molecule has 1 atom stereocenters. The van der Waals surface area contributed by atoms with Crippen LogP contribution in [0.1, 0.15) is 22.3 Å². The number of nitrogens with one attached hydrogen (secondary N) is 2. The molecule has 2 N–H and O–H groups in total. The zero-order chi connectivity index (χ0) is 21.5. The number of ether oxygens (including phenoxy) is 1. The fraction of sp³-hybridized carbons (Fsp3) is 0.238. The summed E-state index contributed by atoms with van der Waals surface area (Å²) in [5.41, 5.74) is 1.32. The summed E-state index contributed by atoms with van der Waals surface area (Å²) < 4.78 is 6.21. The summed E-state index contributed by atoms with van der Waals surface area (Å²) in [4.78, 5) is 38.8. The average Bonchev–Trinajstić information content (AvgIpc) is 2.74. The molecule has 1 heterocycles. The number of benzene rings is 2. The number of hydrogen-bond donors (Lipinski definition) is 2. The fourth-order valence-corrected chi connectivity index (χ4v) is 3.84. The lowest BCUT2D eigenvalue weighted by molar-refractivity contribution is -0.148. The molecule has 7 nitrogen and oxygen atoms in total. The van der Waals surface area contributed by atoms with Crippen LogP contribution in [0.15, 0.2) is 54.6 Å². The van der Waals surface area contributed by atoms with E-state index >= 15 is 0 Å². The molecule has 30 heavy (non-hydrogen) atoms. The highest BCUT2D eigenvalue weighted by atomic mass is 127. The van der Waals surface area contributed by atoms with E-state index in [0.717, 1.165) is 9.13 Å². The highest BCUT2D eigenvalue weighted by Gasteiger charge is 2.34. The van der Waals surface area contributed by atoms with Crippen LogP contribution in [0.25, 0.3) is 0 Å². The van der Waals surface area contributed by atoms with Gasteiger partial charge in [-0.2, -0.15) is 0 Å². The van der Waals surface area contributed by atoms with E-state index in [0.29, 0.717) is 18.7 Å². The Morgan fingerprint density at radius 3 is 2.70 bits per heavy atom. The first kappa shape index (κ1) is 22.2. The summed E-state index contributed by atoms with van der Waals surface area (Å²) in [7, 11) is 0. The van der Waals surface area contributed by atoms with Gasteiger partial charge in [-0.15, -0.1) is 0 Å². The molecular formula is C21H20IN3O4S. The predicted molar refractivity (Wildman–Crippen MR) is 124 cm³/mol. The van der Waals surface area contributed by atoms with Crippen molar-refractivity contribution in [2.75, 3.05) is 13.1 Å². The number of rotatable bonds is 5. The van der Waals surface area contributed by atoms with Crippen molar-refractivity contribution in [3.8, 4) is 0 Å². The Hall–Kier alpha value is -2.53. The van der Waals surface area contributed by atoms with Gasteiger partial charge in [0, 0.05) is 22.2 Å². The van der Waals surface area contributed by atoms with Crippen molar-refractivity contribution < 1.29 is 19.1 Å². The topological polar surface area (TPSA) is 87.7 Å². The summed E-state index contributed by atoms with van der Waals surface area (Å²) in [5.74, 6) is -1.21. The molecule has 1 aliphatic heterocycles. The molecule has 1 saturated heterocycles. The van der Waals surface area contributed by atoms with E-state index < -0.39 is 12.0 Å². The Morgan fingerprint density at radius 1 is 1.20 bits per heavy atom. The maximum atomic E-state index is 12.5. The van der Waals surface area contributed by atoms with Crippen LogP contribution in [0.5, 0.6) is 0 Å². The van der Waals surface area contributed by atoms with Gasteiger partial charge in [0.25, 0.3) is 5.91 Å². The summed E-state index contributed by atoms with van der Waals surface area (Å²) >= 11 is 7.49. The molecular weight excluding hydrogens is 517 g/mol. The molecule has 0 saturated carbocycles. The smallest absolute Gasteiger partial charge is 0.308 e. The minimum absolute atomic E-state index is 0.106. The van der Waals surface area contributed by atoms with Gasteiger partial charge in [-0.3, -0.25) is 19.7 Å². The number of carbonyl (C=O) groups excluding carboxylic acids is 3. The van der Waals surface area contributed by atoms with Crippen molar-refractivity contribution in [1.29, 1.82) is 0 Å². The van der Waals surface area contributed by atoms with Crippen LogP contribution >= 0.6 is 34.8 Å². The summed E-state index contributed by atoms with van der Waals surface area (Å²) in [6.45, 7) is 0.878. The maximum Gasteiger partial charge on any atom is 0.308 e. The standard InChI is InChI=1S/C21H20IN3O4S/c22-16-8-4-7-15(11-16)19(27)24-21(30)25-10-9-23-20(28)17(25)12-18(26)29-13-14-5-2-1-3-6-14/h1-8,11,17H,9-10,12-13H2,(H,23,28)(H,24,27,30).